The maximum absolute atomic E-state index is 13.0. The van der Waals surface area contributed by atoms with Crippen LogP contribution in [0.4, 0.5) is 22.0 Å². The SMILES string of the molecule is CC(C)(c1ccc(OC[C@@H](O)CCl)cc1)c1ccc(OCC(F)(F)C(F)(F)F)cc1. The third-order valence-corrected chi connectivity index (χ3v) is 4.96. The lowest BCUT2D eigenvalue weighted by Crippen LogP contribution is -2.41. The van der Waals surface area contributed by atoms with Gasteiger partial charge in [0.05, 0.1) is 5.88 Å². The molecule has 0 radical (unpaired) electrons. The van der Waals surface area contributed by atoms with Crippen molar-refractivity contribution in [3.8, 4) is 11.5 Å². The minimum atomic E-state index is -5.66. The summed E-state index contributed by atoms with van der Waals surface area (Å²) in [6, 6.07) is 13.1. The van der Waals surface area contributed by atoms with Crippen molar-refractivity contribution in [2.75, 3.05) is 19.1 Å². The van der Waals surface area contributed by atoms with Crippen molar-refractivity contribution >= 4 is 11.6 Å². The average Bonchev–Trinajstić information content (AvgIpc) is 2.70. The number of hydrogen-bond donors (Lipinski definition) is 1. The highest BCUT2D eigenvalue weighted by Crippen LogP contribution is 2.36. The number of benzene rings is 2. The number of hydrogen-bond acceptors (Lipinski definition) is 3. The summed E-state index contributed by atoms with van der Waals surface area (Å²) in [5.41, 5.74) is 1.25. The molecule has 1 N–H and O–H groups in total. The molecule has 1 atom stereocenters. The molecule has 3 nitrogen and oxygen atoms in total. The van der Waals surface area contributed by atoms with Crippen LogP contribution < -0.4 is 9.47 Å². The van der Waals surface area contributed by atoms with E-state index < -0.39 is 30.2 Å². The second-order valence-electron chi connectivity index (χ2n) is 7.28. The lowest BCUT2D eigenvalue weighted by molar-refractivity contribution is -0.290. The van der Waals surface area contributed by atoms with Crippen LogP contribution in [-0.2, 0) is 5.41 Å². The minimum Gasteiger partial charge on any atom is -0.491 e. The molecule has 2 aromatic carbocycles. The second-order valence-corrected chi connectivity index (χ2v) is 7.59. The summed E-state index contributed by atoms with van der Waals surface area (Å²) >= 11 is 5.52. The molecule has 30 heavy (non-hydrogen) atoms. The third-order valence-electron chi connectivity index (χ3n) is 4.61. The van der Waals surface area contributed by atoms with Gasteiger partial charge in [0, 0.05) is 5.41 Å². The van der Waals surface area contributed by atoms with E-state index in [-0.39, 0.29) is 18.2 Å². The number of alkyl halides is 6. The van der Waals surface area contributed by atoms with E-state index in [1.807, 2.05) is 26.0 Å². The first-order valence-electron chi connectivity index (χ1n) is 9.02. The second kappa shape index (κ2) is 9.39. The van der Waals surface area contributed by atoms with Crippen molar-refractivity contribution in [3.63, 3.8) is 0 Å². The lowest BCUT2D eigenvalue weighted by Gasteiger charge is -2.27. The summed E-state index contributed by atoms with van der Waals surface area (Å²) < 4.78 is 72.7. The Labute approximate surface area is 176 Å². The average molecular weight is 453 g/mol. The maximum atomic E-state index is 13.0. The Kier molecular flexibility index (Phi) is 7.58. The molecule has 2 aromatic rings. The van der Waals surface area contributed by atoms with E-state index in [0.29, 0.717) is 5.75 Å². The van der Waals surface area contributed by atoms with Crippen LogP contribution in [0.3, 0.4) is 0 Å². The fourth-order valence-corrected chi connectivity index (χ4v) is 2.68. The Morgan fingerprint density at radius 3 is 1.67 bits per heavy atom. The molecule has 0 bridgehead atoms. The van der Waals surface area contributed by atoms with Gasteiger partial charge in [-0.05, 0) is 35.4 Å². The Morgan fingerprint density at radius 2 is 1.27 bits per heavy atom. The topological polar surface area (TPSA) is 38.7 Å². The first-order chi connectivity index (χ1) is 13.9. The lowest BCUT2D eigenvalue weighted by atomic mass is 9.78. The zero-order chi connectivity index (χ0) is 22.6. The highest BCUT2D eigenvalue weighted by atomic mass is 35.5. The number of rotatable bonds is 9. The molecule has 0 unspecified atom stereocenters. The quantitative estimate of drug-likeness (QED) is 0.399. The van der Waals surface area contributed by atoms with Crippen LogP contribution in [0.2, 0.25) is 0 Å². The van der Waals surface area contributed by atoms with Crippen molar-refractivity contribution in [2.24, 2.45) is 0 Å². The number of halogens is 6. The van der Waals surface area contributed by atoms with Crippen molar-refractivity contribution in [1.82, 2.24) is 0 Å². The minimum absolute atomic E-state index is 0.0681. The van der Waals surface area contributed by atoms with Crippen LogP contribution in [0.5, 0.6) is 11.5 Å². The Balaban J connectivity index is 2.06. The van der Waals surface area contributed by atoms with Gasteiger partial charge in [0.2, 0.25) is 0 Å². The van der Waals surface area contributed by atoms with Crippen molar-refractivity contribution in [2.45, 2.75) is 37.5 Å². The van der Waals surface area contributed by atoms with Gasteiger partial charge in [-0.2, -0.15) is 22.0 Å². The van der Waals surface area contributed by atoms with Gasteiger partial charge in [-0.1, -0.05) is 38.1 Å². The summed E-state index contributed by atoms with van der Waals surface area (Å²) in [5.74, 6) is -4.37. The molecule has 9 heteroatoms. The van der Waals surface area contributed by atoms with Crippen LogP contribution in [-0.4, -0.2) is 42.4 Å². The van der Waals surface area contributed by atoms with Crippen LogP contribution in [0.25, 0.3) is 0 Å². The summed E-state index contributed by atoms with van der Waals surface area (Å²) in [6.07, 6.45) is -6.42. The zero-order valence-corrected chi connectivity index (χ0v) is 17.1. The summed E-state index contributed by atoms with van der Waals surface area (Å²) in [5, 5.41) is 9.43. The fraction of sp³-hybridized carbons (Fsp3) is 0.429. The van der Waals surface area contributed by atoms with Crippen molar-refractivity contribution in [1.29, 1.82) is 0 Å². The van der Waals surface area contributed by atoms with E-state index in [9.17, 15) is 27.1 Å². The van der Waals surface area contributed by atoms with E-state index in [4.69, 9.17) is 16.3 Å². The number of aliphatic hydroxyl groups is 1. The van der Waals surface area contributed by atoms with Crippen LogP contribution in [0, 0.1) is 0 Å². The molecule has 0 saturated heterocycles. The fourth-order valence-electron chi connectivity index (χ4n) is 2.60. The highest BCUT2D eigenvalue weighted by Gasteiger charge is 2.58. The summed E-state index contributed by atoms with van der Waals surface area (Å²) in [4.78, 5) is 0. The molecule has 0 aliphatic rings. The molecular formula is C21H22ClF5O3. The first-order valence-corrected chi connectivity index (χ1v) is 9.55. The molecule has 0 saturated carbocycles. The van der Waals surface area contributed by atoms with E-state index in [1.165, 1.54) is 12.1 Å². The van der Waals surface area contributed by atoms with Crippen molar-refractivity contribution < 1.29 is 36.5 Å². The van der Waals surface area contributed by atoms with Crippen molar-refractivity contribution in [3.05, 3.63) is 59.7 Å². The predicted molar refractivity (Wildman–Crippen MR) is 104 cm³/mol. The van der Waals surface area contributed by atoms with Gasteiger partial charge in [-0.25, -0.2) is 0 Å². The van der Waals surface area contributed by atoms with Gasteiger partial charge in [-0.15, -0.1) is 11.6 Å². The number of aliphatic hydroxyl groups excluding tert-OH is 1. The van der Waals surface area contributed by atoms with Crippen LogP contribution in [0.15, 0.2) is 48.5 Å². The molecule has 0 amide bonds. The third kappa shape index (κ3) is 5.98. The maximum Gasteiger partial charge on any atom is 0.456 e. The molecule has 0 aliphatic carbocycles. The molecule has 166 valence electrons. The Bertz CT molecular complexity index is 805. The van der Waals surface area contributed by atoms with E-state index in [1.54, 1.807) is 24.3 Å². The standard InChI is InChI=1S/C21H22ClF5O3/c1-19(2,14-3-7-17(8-4-14)29-12-16(28)11-22)15-5-9-18(10-6-15)30-13-20(23,24)21(25,26)27/h3-10,16,28H,11-13H2,1-2H3/t16-/m0/s1. The van der Waals surface area contributed by atoms with Gasteiger partial charge >= 0.3 is 12.1 Å². The predicted octanol–water partition coefficient (Wildman–Crippen LogP) is 5.57. The van der Waals surface area contributed by atoms with Gasteiger partial charge < -0.3 is 14.6 Å². The Morgan fingerprint density at radius 1 is 0.833 bits per heavy atom. The normalized spacial score (nSPS) is 13.8. The summed E-state index contributed by atoms with van der Waals surface area (Å²) in [6.45, 7) is 2.17. The van der Waals surface area contributed by atoms with Crippen LogP contribution in [0.1, 0.15) is 25.0 Å². The number of ether oxygens (including phenoxy) is 2. The molecular weight excluding hydrogens is 431 g/mol. The zero-order valence-electron chi connectivity index (χ0n) is 16.3. The van der Waals surface area contributed by atoms with Gasteiger partial charge in [-0.3, -0.25) is 0 Å². The van der Waals surface area contributed by atoms with Gasteiger partial charge in [0.25, 0.3) is 0 Å². The molecule has 0 aromatic heterocycles. The first kappa shape index (κ1) is 24.2. The molecule has 0 heterocycles. The molecule has 2 rings (SSSR count). The molecule has 0 spiro atoms. The van der Waals surface area contributed by atoms with E-state index in [2.05, 4.69) is 4.74 Å². The molecule has 0 aliphatic heterocycles. The highest BCUT2D eigenvalue weighted by molar-refractivity contribution is 6.18. The largest absolute Gasteiger partial charge is 0.491 e. The molecule has 0 fully saturated rings. The van der Waals surface area contributed by atoms with Gasteiger partial charge in [0.1, 0.15) is 24.2 Å². The smallest absolute Gasteiger partial charge is 0.456 e. The van der Waals surface area contributed by atoms with E-state index in [0.717, 1.165) is 11.1 Å². The summed E-state index contributed by atoms with van der Waals surface area (Å²) in [7, 11) is 0. The van der Waals surface area contributed by atoms with E-state index >= 15 is 0 Å². The Hall–Kier alpha value is -2.06. The van der Waals surface area contributed by atoms with Crippen LogP contribution >= 0.6 is 11.6 Å². The monoisotopic (exact) mass is 452 g/mol. The van der Waals surface area contributed by atoms with Gasteiger partial charge in [0.15, 0.2) is 6.61 Å².